The smallest absolute Gasteiger partial charge is 0.407 e. The number of nitrogens with one attached hydrogen (secondary N) is 2. The maximum Gasteiger partial charge on any atom is 0.407 e. The third-order valence-corrected chi connectivity index (χ3v) is 6.40. The second-order valence-corrected chi connectivity index (χ2v) is 8.11. The second-order valence-electron chi connectivity index (χ2n) is 6.41. The van der Waals surface area contributed by atoms with Crippen LogP contribution in [0.1, 0.15) is 31.2 Å². The summed E-state index contributed by atoms with van der Waals surface area (Å²) in [5, 5.41) is 6.28. The predicted octanol–water partition coefficient (Wildman–Crippen LogP) is 3.25. The van der Waals surface area contributed by atoms with Crippen LogP contribution in [0.5, 0.6) is 0 Å². The number of benzene rings is 1. The van der Waals surface area contributed by atoms with Gasteiger partial charge in [0.15, 0.2) is 0 Å². The van der Waals surface area contributed by atoms with Gasteiger partial charge in [-0.15, -0.1) is 0 Å². The van der Waals surface area contributed by atoms with Gasteiger partial charge in [-0.2, -0.15) is 24.4 Å². The fraction of sp³-hybridized carbons (Fsp3) is 0.579. The van der Waals surface area contributed by atoms with E-state index in [9.17, 15) is 9.59 Å². The molecule has 1 aromatic rings. The molecule has 0 aromatic heterocycles. The van der Waals surface area contributed by atoms with Crippen LogP contribution < -0.4 is 10.6 Å². The molecule has 1 aliphatic heterocycles. The number of carbonyl (C=O) groups is 2. The summed E-state index contributed by atoms with van der Waals surface area (Å²) in [5.74, 6) is 2.06. The molecule has 2 atom stereocenters. The Labute approximate surface area is 165 Å². The first-order chi connectivity index (χ1) is 12.7. The van der Waals surface area contributed by atoms with Gasteiger partial charge in [0, 0.05) is 35.8 Å². The zero-order valence-corrected chi connectivity index (χ0v) is 16.7. The van der Waals surface area contributed by atoms with E-state index in [-0.39, 0.29) is 24.5 Å². The molecule has 0 spiro atoms. The fourth-order valence-electron chi connectivity index (χ4n) is 2.76. The monoisotopic (exact) mass is 396 g/mol. The average molecular weight is 397 g/mol. The van der Waals surface area contributed by atoms with Crippen molar-refractivity contribution in [1.82, 2.24) is 10.6 Å². The quantitative estimate of drug-likeness (QED) is 0.419. The van der Waals surface area contributed by atoms with E-state index in [1.54, 1.807) is 0 Å². The normalized spacial score (nSPS) is 19.1. The molecular formula is C19H28N2O3S2. The summed E-state index contributed by atoms with van der Waals surface area (Å²) in [4.78, 5) is 23.6. The molecule has 1 saturated heterocycles. The first kappa shape index (κ1) is 21.0. The van der Waals surface area contributed by atoms with Gasteiger partial charge in [0.2, 0.25) is 5.91 Å². The summed E-state index contributed by atoms with van der Waals surface area (Å²) in [6.45, 7) is 1.57. The second kappa shape index (κ2) is 12.1. The van der Waals surface area contributed by atoms with Gasteiger partial charge in [0.1, 0.15) is 6.61 Å². The molecule has 1 heterocycles. The minimum atomic E-state index is -0.389. The van der Waals surface area contributed by atoms with Crippen LogP contribution in [0.15, 0.2) is 30.3 Å². The fourth-order valence-corrected chi connectivity index (χ4v) is 4.49. The van der Waals surface area contributed by atoms with Gasteiger partial charge in [0.05, 0.1) is 0 Å². The highest BCUT2D eigenvalue weighted by molar-refractivity contribution is 8.00. The van der Waals surface area contributed by atoms with Crippen molar-refractivity contribution in [2.24, 2.45) is 5.92 Å². The van der Waals surface area contributed by atoms with Crippen molar-refractivity contribution in [3.63, 3.8) is 0 Å². The van der Waals surface area contributed by atoms with Gasteiger partial charge in [-0.3, -0.25) is 4.79 Å². The van der Waals surface area contributed by atoms with E-state index in [0.29, 0.717) is 18.3 Å². The van der Waals surface area contributed by atoms with E-state index in [2.05, 4.69) is 23.3 Å². The summed E-state index contributed by atoms with van der Waals surface area (Å²) in [6.07, 6.45) is 3.30. The average Bonchev–Trinajstić information content (AvgIpc) is 3.15. The molecule has 0 saturated carbocycles. The topological polar surface area (TPSA) is 67.4 Å². The van der Waals surface area contributed by atoms with Crippen molar-refractivity contribution >= 4 is 36.4 Å². The van der Waals surface area contributed by atoms with E-state index < -0.39 is 0 Å². The molecule has 26 heavy (non-hydrogen) atoms. The van der Waals surface area contributed by atoms with Crippen LogP contribution in [0.4, 0.5) is 4.79 Å². The summed E-state index contributed by atoms with van der Waals surface area (Å²) < 4.78 is 5.15. The van der Waals surface area contributed by atoms with E-state index in [0.717, 1.165) is 42.8 Å². The Balaban J connectivity index is 1.43. The molecule has 1 fully saturated rings. The van der Waals surface area contributed by atoms with E-state index >= 15 is 0 Å². The first-order valence-corrected chi connectivity index (χ1v) is 10.8. The molecule has 2 amide bonds. The number of hydrogen-bond donors (Lipinski definition) is 3. The minimum absolute atomic E-state index is 0.137. The zero-order valence-electron chi connectivity index (χ0n) is 15.0. The molecule has 0 radical (unpaired) electrons. The molecule has 144 valence electrons. The van der Waals surface area contributed by atoms with Crippen molar-refractivity contribution < 1.29 is 14.3 Å². The molecule has 0 bridgehead atoms. The molecular weight excluding hydrogens is 368 g/mol. The van der Waals surface area contributed by atoms with Crippen LogP contribution in [0.25, 0.3) is 0 Å². The summed E-state index contributed by atoms with van der Waals surface area (Å²) >= 11 is 6.14. The molecule has 5 nitrogen and oxygen atoms in total. The van der Waals surface area contributed by atoms with Crippen LogP contribution in [0, 0.1) is 5.92 Å². The Morgan fingerprint density at radius 2 is 1.85 bits per heavy atom. The molecule has 1 aromatic carbocycles. The van der Waals surface area contributed by atoms with E-state index in [1.807, 2.05) is 42.1 Å². The molecule has 2 N–H and O–H groups in total. The summed E-state index contributed by atoms with van der Waals surface area (Å²) in [5.41, 5.74) is 0.972. The number of unbranched alkanes of at least 4 members (excludes halogenated alkanes) is 2. The van der Waals surface area contributed by atoms with Crippen LogP contribution in [-0.4, -0.2) is 41.8 Å². The SMILES string of the molecule is O=C(NCCCCCNC(=O)[C@@H]1CS[C@@H](CS)C1)OCc1ccccc1. The Bertz CT molecular complexity index is 557. The highest BCUT2D eigenvalue weighted by Gasteiger charge is 2.29. The van der Waals surface area contributed by atoms with Gasteiger partial charge in [-0.25, -0.2) is 4.79 Å². The van der Waals surface area contributed by atoms with Gasteiger partial charge in [0.25, 0.3) is 0 Å². The predicted molar refractivity (Wildman–Crippen MR) is 110 cm³/mol. The molecule has 0 aliphatic carbocycles. The van der Waals surface area contributed by atoms with Crippen LogP contribution >= 0.6 is 24.4 Å². The lowest BCUT2D eigenvalue weighted by Gasteiger charge is -2.10. The van der Waals surface area contributed by atoms with Gasteiger partial charge in [-0.05, 0) is 31.2 Å². The molecule has 1 aliphatic rings. The minimum Gasteiger partial charge on any atom is -0.445 e. The van der Waals surface area contributed by atoms with Gasteiger partial charge < -0.3 is 15.4 Å². The summed E-state index contributed by atoms with van der Waals surface area (Å²) in [7, 11) is 0. The molecule has 7 heteroatoms. The highest BCUT2D eigenvalue weighted by Crippen LogP contribution is 2.31. The van der Waals surface area contributed by atoms with Crippen LogP contribution in [0.3, 0.4) is 0 Å². The van der Waals surface area contributed by atoms with E-state index in [4.69, 9.17) is 4.74 Å². The number of carbonyl (C=O) groups excluding carboxylic acids is 2. The number of rotatable bonds is 10. The lowest BCUT2D eigenvalue weighted by molar-refractivity contribution is -0.124. The highest BCUT2D eigenvalue weighted by atomic mass is 32.2. The number of amides is 2. The van der Waals surface area contributed by atoms with Crippen molar-refractivity contribution in [1.29, 1.82) is 0 Å². The van der Waals surface area contributed by atoms with Crippen molar-refractivity contribution in [2.75, 3.05) is 24.6 Å². The first-order valence-electron chi connectivity index (χ1n) is 9.13. The summed E-state index contributed by atoms with van der Waals surface area (Å²) in [6, 6.07) is 9.60. The number of hydrogen-bond acceptors (Lipinski definition) is 5. The maximum atomic E-state index is 12.1. The van der Waals surface area contributed by atoms with Crippen molar-refractivity contribution in [3.8, 4) is 0 Å². The van der Waals surface area contributed by atoms with Gasteiger partial charge >= 0.3 is 6.09 Å². The Morgan fingerprint density at radius 1 is 1.12 bits per heavy atom. The molecule has 2 rings (SSSR count). The largest absolute Gasteiger partial charge is 0.445 e. The van der Waals surface area contributed by atoms with Crippen LogP contribution in [0.2, 0.25) is 0 Å². The Morgan fingerprint density at radius 3 is 2.54 bits per heavy atom. The third kappa shape index (κ3) is 7.91. The lowest BCUT2D eigenvalue weighted by Crippen LogP contribution is -2.32. The number of ether oxygens (including phenoxy) is 1. The third-order valence-electron chi connectivity index (χ3n) is 4.29. The lowest BCUT2D eigenvalue weighted by atomic mass is 10.1. The Kier molecular flexibility index (Phi) is 9.77. The number of thioether (sulfide) groups is 1. The van der Waals surface area contributed by atoms with Gasteiger partial charge in [-0.1, -0.05) is 30.3 Å². The van der Waals surface area contributed by atoms with Crippen molar-refractivity contribution in [3.05, 3.63) is 35.9 Å². The van der Waals surface area contributed by atoms with E-state index in [1.165, 1.54) is 0 Å². The standard InChI is InChI=1S/C19H28N2O3S2/c22-18(16-11-17(13-25)26-14-16)20-9-5-2-6-10-21-19(23)24-12-15-7-3-1-4-8-15/h1,3-4,7-8,16-17,25H,2,5-6,9-14H2,(H,20,22)(H,21,23)/t16-,17+/m0/s1. The van der Waals surface area contributed by atoms with Crippen LogP contribution in [-0.2, 0) is 16.1 Å². The maximum absolute atomic E-state index is 12.1. The Hall–Kier alpha value is -1.34. The van der Waals surface area contributed by atoms with Crippen molar-refractivity contribution in [2.45, 2.75) is 37.5 Å². The number of thiol groups is 1. The zero-order chi connectivity index (χ0) is 18.6. The molecule has 0 unspecified atom stereocenters. The number of alkyl carbamates (subject to hydrolysis) is 1.